The highest BCUT2D eigenvalue weighted by Gasteiger charge is 2.31. The molecular weight excluding hydrogens is 342 g/mol. The van der Waals surface area contributed by atoms with Crippen molar-refractivity contribution >= 4 is 23.2 Å². The first-order chi connectivity index (χ1) is 12.8. The summed E-state index contributed by atoms with van der Waals surface area (Å²) >= 11 is 0. The maximum absolute atomic E-state index is 12.6. The van der Waals surface area contributed by atoms with Gasteiger partial charge in [0.1, 0.15) is 5.75 Å². The molecule has 0 spiro atoms. The van der Waals surface area contributed by atoms with Crippen LogP contribution in [0.5, 0.6) is 5.75 Å². The zero-order valence-electron chi connectivity index (χ0n) is 16.2. The van der Waals surface area contributed by atoms with Crippen molar-refractivity contribution in [3.05, 3.63) is 53.6 Å². The van der Waals surface area contributed by atoms with Gasteiger partial charge >= 0.3 is 0 Å². The summed E-state index contributed by atoms with van der Waals surface area (Å²) in [5.41, 5.74) is 2.93. The van der Waals surface area contributed by atoms with Crippen LogP contribution < -0.4 is 15.0 Å². The van der Waals surface area contributed by atoms with Gasteiger partial charge in [0.15, 0.2) is 6.10 Å². The third-order valence-electron chi connectivity index (χ3n) is 4.48. The molecule has 1 aliphatic rings. The Hall–Kier alpha value is -2.86. The van der Waals surface area contributed by atoms with Crippen molar-refractivity contribution in [2.24, 2.45) is 0 Å². The van der Waals surface area contributed by atoms with E-state index in [0.29, 0.717) is 29.2 Å². The first-order valence-electron chi connectivity index (χ1n) is 9.00. The molecule has 0 fully saturated rings. The number of benzene rings is 2. The van der Waals surface area contributed by atoms with Crippen LogP contribution in [-0.4, -0.2) is 50.0 Å². The minimum absolute atomic E-state index is 0.0773. The summed E-state index contributed by atoms with van der Waals surface area (Å²) in [6.45, 7) is 4.99. The van der Waals surface area contributed by atoms with E-state index in [4.69, 9.17) is 4.74 Å². The van der Waals surface area contributed by atoms with Gasteiger partial charge in [0, 0.05) is 24.3 Å². The quantitative estimate of drug-likeness (QED) is 0.883. The van der Waals surface area contributed by atoms with Crippen molar-refractivity contribution in [3.63, 3.8) is 0 Å². The molecule has 0 radical (unpaired) electrons. The summed E-state index contributed by atoms with van der Waals surface area (Å²) in [5.74, 6) is 0.385. The number of amides is 2. The van der Waals surface area contributed by atoms with Gasteiger partial charge in [-0.15, -0.1) is 0 Å². The Kier molecular flexibility index (Phi) is 5.46. The summed E-state index contributed by atoms with van der Waals surface area (Å²) in [5, 5.41) is 2.90. The lowest BCUT2D eigenvalue weighted by Gasteiger charge is -2.34. The molecule has 1 N–H and O–H groups in total. The number of carbonyl (C=O) groups excluding carboxylic acids is 2. The van der Waals surface area contributed by atoms with Gasteiger partial charge in [0.05, 0.1) is 5.69 Å². The van der Waals surface area contributed by atoms with Gasteiger partial charge in [-0.05, 0) is 58.3 Å². The lowest BCUT2D eigenvalue weighted by molar-refractivity contribution is -0.125. The molecule has 6 nitrogen and oxygen atoms in total. The highest BCUT2D eigenvalue weighted by atomic mass is 16.5. The van der Waals surface area contributed by atoms with E-state index in [2.05, 4.69) is 5.32 Å². The Morgan fingerprint density at radius 1 is 1.22 bits per heavy atom. The molecule has 0 aliphatic carbocycles. The number of likely N-dealkylation sites (N-methyl/N-ethyl adjacent to an activating group) is 1. The third-order valence-corrected chi connectivity index (χ3v) is 4.48. The minimum Gasteiger partial charge on any atom is -0.479 e. The minimum atomic E-state index is -0.521. The topological polar surface area (TPSA) is 61.9 Å². The summed E-state index contributed by atoms with van der Waals surface area (Å²) < 4.78 is 5.72. The molecule has 0 aromatic heterocycles. The fourth-order valence-corrected chi connectivity index (χ4v) is 3.00. The Labute approximate surface area is 159 Å². The van der Waals surface area contributed by atoms with Crippen LogP contribution in [0.1, 0.15) is 22.8 Å². The molecule has 1 heterocycles. The molecule has 1 unspecified atom stereocenters. The number of rotatable bonds is 5. The zero-order valence-corrected chi connectivity index (χ0v) is 16.2. The molecule has 3 rings (SSSR count). The third kappa shape index (κ3) is 4.28. The summed E-state index contributed by atoms with van der Waals surface area (Å²) in [6, 6.07) is 12.8. The average molecular weight is 367 g/mol. The lowest BCUT2D eigenvalue weighted by atomic mass is 10.1. The molecular formula is C21H25N3O3. The van der Waals surface area contributed by atoms with E-state index in [1.54, 1.807) is 36.1 Å². The predicted octanol–water partition coefficient (Wildman–Crippen LogP) is 2.92. The van der Waals surface area contributed by atoms with Crippen LogP contribution in [0.2, 0.25) is 0 Å². The summed E-state index contributed by atoms with van der Waals surface area (Å²) in [4.78, 5) is 28.9. The van der Waals surface area contributed by atoms with E-state index in [1.807, 2.05) is 44.1 Å². The van der Waals surface area contributed by atoms with E-state index in [-0.39, 0.29) is 11.8 Å². The van der Waals surface area contributed by atoms with Crippen LogP contribution in [0.15, 0.2) is 42.5 Å². The van der Waals surface area contributed by atoms with Crippen LogP contribution >= 0.6 is 0 Å². The summed E-state index contributed by atoms with van der Waals surface area (Å²) in [7, 11) is 3.93. The molecule has 6 heteroatoms. The second-order valence-corrected chi connectivity index (χ2v) is 7.06. The highest BCUT2D eigenvalue weighted by Crippen LogP contribution is 2.36. The van der Waals surface area contributed by atoms with E-state index in [9.17, 15) is 9.59 Å². The molecule has 2 aromatic rings. The van der Waals surface area contributed by atoms with Crippen LogP contribution in [-0.2, 0) is 4.79 Å². The fourth-order valence-electron chi connectivity index (χ4n) is 3.00. The van der Waals surface area contributed by atoms with Crippen molar-refractivity contribution in [2.45, 2.75) is 20.0 Å². The highest BCUT2D eigenvalue weighted by molar-refractivity contribution is 6.05. The Bertz CT molecular complexity index is 864. The monoisotopic (exact) mass is 367 g/mol. The van der Waals surface area contributed by atoms with Crippen molar-refractivity contribution in [2.75, 3.05) is 37.4 Å². The summed E-state index contributed by atoms with van der Waals surface area (Å²) in [6.07, 6.45) is -0.521. The number of nitrogens with zero attached hydrogens (tertiary/aromatic N) is 2. The van der Waals surface area contributed by atoms with E-state index >= 15 is 0 Å². The van der Waals surface area contributed by atoms with Gasteiger partial charge in [0.25, 0.3) is 11.8 Å². The number of nitrogens with one attached hydrogen (secondary N) is 1. The molecule has 27 heavy (non-hydrogen) atoms. The molecule has 2 amide bonds. The first kappa shape index (κ1) is 18.9. The molecule has 2 aromatic carbocycles. The van der Waals surface area contributed by atoms with Crippen molar-refractivity contribution in [3.8, 4) is 5.75 Å². The van der Waals surface area contributed by atoms with Gasteiger partial charge in [-0.25, -0.2) is 0 Å². The van der Waals surface area contributed by atoms with Crippen molar-refractivity contribution in [1.29, 1.82) is 0 Å². The fraction of sp³-hybridized carbons (Fsp3) is 0.333. The van der Waals surface area contributed by atoms with Gasteiger partial charge in [0.2, 0.25) is 0 Å². The van der Waals surface area contributed by atoms with Crippen LogP contribution in [0.25, 0.3) is 0 Å². The Balaban J connectivity index is 1.85. The van der Waals surface area contributed by atoms with Crippen molar-refractivity contribution in [1.82, 2.24) is 4.90 Å². The van der Waals surface area contributed by atoms with Gasteiger partial charge in [-0.1, -0.05) is 17.7 Å². The predicted molar refractivity (Wildman–Crippen MR) is 107 cm³/mol. The van der Waals surface area contributed by atoms with Crippen LogP contribution in [0.3, 0.4) is 0 Å². The molecule has 1 atom stereocenters. The van der Waals surface area contributed by atoms with Crippen LogP contribution in [0.4, 0.5) is 11.4 Å². The molecule has 0 saturated carbocycles. The normalized spacial score (nSPS) is 16.1. The second kappa shape index (κ2) is 7.80. The molecule has 142 valence electrons. The number of hydrogen-bond donors (Lipinski definition) is 1. The Morgan fingerprint density at radius 2 is 2.00 bits per heavy atom. The average Bonchev–Trinajstić information content (AvgIpc) is 2.62. The first-order valence-corrected chi connectivity index (χ1v) is 9.00. The maximum Gasteiger partial charge on any atom is 0.267 e. The van der Waals surface area contributed by atoms with Gasteiger partial charge in [-0.2, -0.15) is 0 Å². The Morgan fingerprint density at radius 3 is 2.70 bits per heavy atom. The van der Waals surface area contributed by atoms with Gasteiger partial charge in [-0.3, -0.25) is 9.59 Å². The number of hydrogen-bond acceptors (Lipinski definition) is 4. The number of aryl methyl sites for hydroxylation is 1. The zero-order chi connectivity index (χ0) is 19.6. The largest absolute Gasteiger partial charge is 0.479 e. The van der Waals surface area contributed by atoms with E-state index in [1.165, 1.54) is 0 Å². The SMILES string of the molecule is Cc1cccc(C(=O)Nc2ccc3c(c2)N(CCN(C)C)C(=O)C(C)O3)c1. The van der Waals surface area contributed by atoms with E-state index < -0.39 is 6.10 Å². The van der Waals surface area contributed by atoms with Crippen LogP contribution in [0, 0.1) is 6.92 Å². The second-order valence-electron chi connectivity index (χ2n) is 7.06. The van der Waals surface area contributed by atoms with Crippen molar-refractivity contribution < 1.29 is 14.3 Å². The van der Waals surface area contributed by atoms with Gasteiger partial charge < -0.3 is 19.9 Å². The maximum atomic E-state index is 12.6. The number of anilines is 2. The number of fused-ring (bicyclic) bond motifs is 1. The molecule has 1 aliphatic heterocycles. The number of ether oxygens (including phenoxy) is 1. The lowest BCUT2D eigenvalue weighted by Crippen LogP contribution is -2.46. The smallest absolute Gasteiger partial charge is 0.267 e. The molecule has 0 bridgehead atoms. The number of carbonyl (C=O) groups is 2. The van der Waals surface area contributed by atoms with E-state index in [0.717, 1.165) is 12.1 Å². The molecule has 0 saturated heterocycles. The standard InChI is InChI=1S/C21H25N3O3/c1-14-6-5-7-16(12-14)20(25)22-17-8-9-19-18(13-17)24(11-10-23(3)4)21(26)15(2)27-19/h5-9,12-13,15H,10-11H2,1-4H3,(H,22,25).